The molecule has 7 heteroatoms. The summed E-state index contributed by atoms with van der Waals surface area (Å²) < 4.78 is 18.3. The minimum atomic E-state index is -0.265. The molecule has 24 heavy (non-hydrogen) atoms. The number of nitrogens with one attached hydrogen (secondary N) is 1. The number of benzene rings is 1. The fourth-order valence-corrected chi connectivity index (χ4v) is 3.71. The van der Waals surface area contributed by atoms with Crippen molar-refractivity contribution in [3.05, 3.63) is 40.7 Å². The molecule has 1 N–H and O–H groups in total. The number of carbonyl (C=O) groups is 1. The van der Waals surface area contributed by atoms with E-state index in [0.717, 1.165) is 21.1 Å². The Hall–Kier alpha value is -1.99. The van der Waals surface area contributed by atoms with Crippen LogP contribution in [-0.2, 0) is 4.74 Å². The molecule has 1 aromatic heterocycles. The van der Waals surface area contributed by atoms with E-state index in [1.54, 1.807) is 17.0 Å². The quantitative estimate of drug-likeness (QED) is 0.924. The molecule has 1 aliphatic heterocycles. The van der Waals surface area contributed by atoms with Crippen LogP contribution in [0.15, 0.2) is 24.3 Å². The molecule has 5 nitrogen and oxygen atoms in total. The van der Waals surface area contributed by atoms with E-state index in [-0.39, 0.29) is 17.9 Å². The Morgan fingerprint density at radius 2 is 2.00 bits per heavy atom. The molecule has 128 valence electrons. The molecule has 2 aromatic rings. The second-order valence-corrected chi connectivity index (χ2v) is 6.78. The minimum Gasteiger partial charge on any atom is -0.378 e. The first-order valence-electron chi connectivity index (χ1n) is 7.91. The predicted molar refractivity (Wildman–Crippen MR) is 91.6 cm³/mol. The largest absolute Gasteiger partial charge is 0.378 e. The van der Waals surface area contributed by atoms with Crippen molar-refractivity contribution in [3.63, 3.8) is 0 Å². The van der Waals surface area contributed by atoms with Gasteiger partial charge < -0.3 is 15.0 Å². The summed E-state index contributed by atoms with van der Waals surface area (Å²) in [6.07, 6.45) is 0. The molecular formula is C17H20FN3O2S. The van der Waals surface area contributed by atoms with E-state index in [1.165, 1.54) is 23.5 Å². The molecule has 1 unspecified atom stereocenters. The van der Waals surface area contributed by atoms with Gasteiger partial charge in [-0.25, -0.2) is 14.2 Å². The van der Waals surface area contributed by atoms with Gasteiger partial charge in [0.25, 0.3) is 0 Å². The van der Waals surface area contributed by atoms with E-state index in [4.69, 9.17) is 4.74 Å². The monoisotopic (exact) mass is 349 g/mol. The van der Waals surface area contributed by atoms with Crippen LogP contribution < -0.4 is 5.32 Å². The van der Waals surface area contributed by atoms with Crippen molar-refractivity contribution in [1.82, 2.24) is 15.2 Å². The molecule has 0 bridgehead atoms. The van der Waals surface area contributed by atoms with Gasteiger partial charge in [0, 0.05) is 18.7 Å². The number of nitrogens with zero attached hydrogens (tertiary/aromatic N) is 2. The number of thiazole rings is 1. The molecule has 1 aromatic carbocycles. The fraction of sp³-hybridized carbons (Fsp3) is 0.412. The molecule has 3 rings (SSSR count). The maximum atomic E-state index is 13.1. The molecule has 1 aliphatic rings. The Morgan fingerprint density at radius 3 is 2.67 bits per heavy atom. The van der Waals surface area contributed by atoms with Crippen molar-refractivity contribution in [2.24, 2.45) is 0 Å². The van der Waals surface area contributed by atoms with E-state index in [0.29, 0.717) is 26.3 Å². The summed E-state index contributed by atoms with van der Waals surface area (Å²) in [5.74, 6) is -0.265. The van der Waals surface area contributed by atoms with Crippen LogP contribution >= 0.6 is 11.3 Å². The number of urea groups is 1. The van der Waals surface area contributed by atoms with Crippen molar-refractivity contribution in [2.75, 3.05) is 26.3 Å². The number of hydrogen-bond donors (Lipinski definition) is 1. The van der Waals surface area contributed by atoms with Gasteiger partial charge in [-0.1, -0.05) is 0 Å². The second kappa shape index (κ2) is 7.27. The van der Waals surface area contributed by atoms with Crippen LogP contribution in [0.5, 0.6) is 0 Å². The van der Waals surface area contributed by atoms with Gasteiger partial charge in [-0.3, -0.25) is 0 Å². The Morgan fingerprint density at radius 1 is 1.33 bits per heavy atom. The fourth-order valence-electron chi connectivity index (χ4n) is 2.63. The number of aromatic nitrogens is 1. The zero-order valence-corrected chi connectivity index (χ0v) is 14.5. The number of hydrogen-bond acceptors (Lipinski definition) is 4. The third kappa shape index (κ3) is 3.73. The van der Waals surface area contributed by atoms with Crippen molar-refractivity contribution in [2.45, 2.75) is 19.9 Å². The van der Waals surface area contributed by atoms with Crippen LogP contribution in [-0.4, -0.2) is 42.2 Å². The number of halogens is 1. The number of morpholine rings is 1. The van der Waals surface area contributed by atoms with Crippen LogP contribution in [0.3, 0.4) is 0 Å². The molecule has 0 saturated carbocycles. The lowest BCUT2D eigenvalue weighted by atomic mass is 10.2. The summed E-state index contributed by atoms with van der Waals surface area (Å²) in [5.41, 5.74) is 1.76. The highest BCUT2D eigenvalue weighted by atomic mass is 32.1. The van der Waals surface area contributed by atoms with Crippen LogP contribution in [0.25, 0.3) is 10.6 Å². The lowest BCUT2D eigenvalue weighted by Crippen LogP contribution is -2.46. The summed E-state index contributed by atoms with van der Waals surface area (Å²) in [4.78, 5) is 19.6. The van der Waals surface area contributed by atoms with Gasteiger partial charge in [0.1, 0.15) is 10.8 Å². The first-order chi connectivity index (χ1) is 11.5. The third-order valence-corrected chi connectivity index (χ3v) is 5.34. The summed E-state index contributed by atoms with van der Waals surface area (Å²) in [6.45, 7) is 6.26. The molecule has 1 fully saturated rings. The molecule has 1 saturated heterocycles. The average molecular weight is 349 g/mol. The lowest BCUT2D eigenvalue weighted by molar-refractivity contribution is 0.0526. The summed E-state index contributed by atoms with van der Waals surface area (Å²) in [6, 6.07) is 6.07. The van der Waals surface area contributed by atoms with Crippen LogP contribution in [0.4, 0.5) is 9.18 Å². The SMILES string of the molecule is Cc1nc(-c2ccc(F)cc2)sc1C(C)NC(=O)N1CCOCC1. The molecular weight excluding hydrogens is 329 g/mol. The van der Waals surface area contributed by atoms with Crippen LogP contribution in [0, 0.1) is 12.7 Å². The van der Waals surface area contributed by atoms with Crippen LogP contribution in [0.1, 0.15) is 23.5 Å². The van der Waals surface area contributed by atoms with E-state index >= 15 is 0 Å². The van der Waals surface area contributed by atoms with Gasteiger partial charge in [0.2, 0.25) is 0 Å². The topological polar surface area (TPSA) is 54.5 Å². The second-order valence-electron chi connectivity index (χ2n) is 5.75. The summed E-state index contributed by atoms with van der Waals surface area (Å²) in [7, 11) is 0. The van der Waals surface area contributed by atoms with Gasteiger partial charge in [0.15, 0.2) is 0 Å². The van der Waals surface area contributed by atoms with Crippen molar-refractivity contribution >= 4 is 17.4 Å². The highest BCUT2D eigenvalue weighted by molar-refractivity contribution is 7.15. The standard InChI is InChI=1S/C17H20FN3O2S/c1-11-15(12(2)20-17(22)21-7-9-23-10-8-21)24-16(19-11)13-3-5-14(18)6-4-13/h3-6,12H,7-10H2,1-2H3,(H,20,22). The molecule has 0 spiro atoms. The number of amides is 2. The molecule has 2 amide bonds. The van der Waals surface area contributed by atoms with Gasteiger partial charge >= 0.3 is 6.03 Å². The maximum Gasteiger partial charge on any atom is 0.318 e. The van der Waals surface area contributed by atoms with Crippen molar-refractivity contribution < 1.29 is 13.9 Å². The predicted octanol–water partition coefficient (Wildman–Crippen LogP) is 3.36. The minimum absolute atomic E-state index is 0.0815. The zero-order valence-electron chi connectivity index (χ0n) is 13.7. The Balaban J connectivity index is 1.71. The lowest BCUT2D eigenvalue weighted by Gasteiger charge is -2.28. The number of aryl methyl sites for hydroxylation is 1. The number of ether oxygens (including phenoxy) is 1. The van der Waals surface area contributed by atoms with E-state index in [1.807, 2.05) is 13.8 Å². The maximum absolute atomic E-state index is 13.1. The molecule has 1 atom stereocenters. The Labute approximate surface area is 144 Å². The molecule has 2 heterocycles. The number of rotatable bonds is 3. The van der Waals surface area contributed by atoms with E-state index in [2.05, 4.69) is 10.3 Å². The van der Waals surface area contributed by atoms with Crippen molar-refractivity contribution in [3.8, 4) is 10.6 Å². The third-order valence-electron chi connectivity index (χ3n) is 3.96. The normalized spacial score (nSPS) is 16.0. The first-order valence-corrected chi connectivity index (χ1v) is 8.72. The highest BCUT2D eigenvalue weighted by Gasteiger charge is 2.21. The molecule has 0 radical (unpaired) electrons. The first kappa shape index (κ1) is 16.9. The van der Waals surface area contributed by atoms with E-state index < -0.39 is 0 Å². The summed E-state index contributed by atoms with van der Waals surface area (Å²) in [5, 5.41) is 3.85. The Bertz CT molecular complexity index is 711. The van der Waals surface area contributed by atoms with Gasteiger partial charge in [-0.15, -0.1) is 11.3 Å². The van der Waals surface area contributed by atoms with Gasteiger partial charge in [-0.2, -0.15) is 0 Å². The van der Waals surface area contributed by atoms with E-state index in [9.17, 15) is 9.18 Å². The van der Waals surface area contributed by atoms with Gasteiger partial charge in [0.05, 0.1) is 29.8 Å². The van der Waals surface area contributed by atoms with Gasteiger partial charge in [-0.05, 0) is 38.1 Å². The smallest absolute Gasteiger partial charge is 0.318 e. The highest BCUT2D eigenvalue weighted by Crippen LogP contribution is 2.31. The van der Waals surface area contributed by atoms with Crippen LogP contribution in [0.2, 0.25) is 0 Å². The summed E-state index contributed by atoms with van der Waals surface area (Å²) >= 11 is 1.52. The average Bonchev–Trinajstić information content (AvgIpc) is 2.98. The molecule has 0 aliphatic carbocycles. The Kier molecular flexibility index (Phi) is 5.11. The number of carbonyl (C=O) groups excluding carboxylic acids is 1. The zero-order chi connectivity index (χ0) is 17.1. The van der Waals surface area contributed by atoms with Crippen molar-refractivity contribution in [1.29, 1.82) is 0 Å².